The SMILES string of the molecule is CC(C)Oc1ccccc1C(=O)NC(=S)Nc1cccc(C(=O)N(C)C)c1. The van der Waals surface area contributed by atoms with Crippen molar-refractivity contribution in [2.75, 3.05) is 19.4 Å². The maximum absolute atomic E-state index is 12.5. The van der Waals surface area contributed by atoms with Gasteiger partial charge in [0.2, 0.25) is 0 Å². The van der Waals surface area contributed by atoms with Gasteiger partial charge in [-0.05, 0) is 56.4 Å². The summed E-state index contributed by atoms with van der Waals surface area (Å²) in [5.41, 5.74) is 1.53. The van der Waals surface area contributed by atoms with Crippen molar-refractivity contribution in [1.82, 2.24) is 10.2 Å². The van der Waals surface area contributed by atoms with Gasteiger partial charge in [-0.2, -0.15) is 0 Å². The van der Waals surface area contributed by atoms with Gasteiger partial charge in [-0.3, -0.25) is 14.9 Å². The first-order valence-corrected chi connectivity index (χ1v) is 8.88. The van der Waals surface area contributed by atoms with Gasteiger partial charge in [-0.15, -0.1) is 0 Å². The van der Waals surface area contributed by atoms with Crippen LogP contribution in [0.3, 0.4) is 0 Å². The van der Waals surface area contributed by atoms with E-state index in [0.29, 0.717) is 22.6 Å². The molecule has 2 aromatic rings. The highest BCUT2D eigenvalue weighted by Gasteiger charge is 2.15. The molecule has 0 atom stereocenters. The summed E-state index contributed by atoms with van der Waals surface area (Å²) in [4.78, 5) is 26.1. The van der Waals surface area contributed by atoms with Gasteiger partial charge in [0.1, 0.15) is 5.75 Å². The number of hydrogen-bond donors (Lipinski definition) is 2. The maximum Gasteiger partial charge on any atom is 0.261 e. The quantitative estimate of drug-likeness (QED) is 0.773. The molecule has 0 heterocycles. The van der Waals surface area contributed by atoms with Crippen molar-refractivity contribution in [3.05, 3.63) is 59.7 Å². The Morgan fingerprint density at radius 2 is 1.78 bits per heavy atom. The molecule has 0 saturated carbocycles. The predicted molar refractivity (Wildman–Crippen MR) is 110 cm³/mol. The van der Waals surface area contributed by atoms with Crippen molar-refractivity contribution in [3.63, 3.8) is 0 Å². The van der Waals surface area contributed by atoms with Crippen LogP contribution in [-0.2, 0) is 0 Å². The second-order valence-electron chi connectivity index (χ2n) is 6.35. The molecule has 0 spiro atoms. The number of amides is 2. The smallest absolute Gasteiger partial charge is 0.261 e. The van der Waals surface area contributed by atoms with Gasteiger partial charge in [0.05, 0.1) is 11.7 Å². The van der Waals surface area contributed by atoms with E-state index >= 15 is 0 Å². The standard InChI is InChI=1S/C20H23N3O3S/c1-13(2)26-17-11-6-5-10-16(17)18(24)22-20(27)21-15-9-7-8-14(12-15)19(25)23(3)4/h5-13H,1-4H3,(H2,21,22,24,27). The summed E-state index contributed by atoms with van der Waals surface area (Å²) >= 11 is 5.22. The molecule has 0 bridgehead atoms. The first kappa shape index (κ1) is 20.4. The van der Waals surface area contributed by atoms with Gasteiger partial charge in [0.15, 0.2) is 5.11 Å². The van der Waals surface area contributed by atoms with Crippen LogP contribution in [0.4, 0.5) is 5.69 Å². The van der Waals surface area contributed by atoms with Crippen molar-refractivity contribution in [3.8, 4) is 5.75 Å². The van der Waals surface area contributed by atoms with Gasteiger partial charge < -0.3 is 15.0 Å². The predicted octanol–water partition coefficient (Wildman–Crippen LogP) is 3.30. The van der Waals surface area contributed by atoms with Crippen molar-refractivity contribution in [2.45, 2.75) is 20.0 Å². The van der Waals surface area contributed by atoms with Crippen LogP contribution in [0.25, 0.3) is 0 Å². The molecular weight excluding hydrogens is 362 g/mol. The number of nitrogens with zero attached hydrogens (tertiary/aromatic N) is 1. The summed E-state index contributed by atoms with van der Waals surface area (Å²) in [6, 6.07) is 13.9. The minimum atomic E-state index is -0.371. The largest absolute Gasteiger partial charge is 0.490 e. The average molecular weight is 385 g/mol. The number of carbonyl (C=O) groups is 2. The molecule has 0 fully saturated rings. The summed E-state index contributed by atoms with van der Waals surface area (Å²) in [7, 11) is 3.37. The molecule has 2 amide bonds. The van der Waals surface area contributed by atoms with E-state index in [-0.39, 0.29) is 23.0 Å². The highest BCUT2D eigenvalue weighted by molar-refractivity contribution is 7.80. The first-order chi connectivity index (χ1) is 12.8. The number of hydrogen-bond acceptors (Lipinski definition) is 4. The number of carbonyl (C=O) groups excluding carboxylic acids is 2. The van der Waals surface area contributed by atoms with Crippen molar-refractivity contribution >= 4 is 34.8 Å². The molecule has 0 aliphatic heterocycles. The summed E-state index contributed by atoms with van der Waals surface area (Å²) < 4.78 is 5.66. The first-order valence-electron chi connectivity index (χ1n) is 8.47. The zero-order valence-electron chi connectivity index (χ0n) is 15.8. The van der Waals surface area contributed by atoms with E-state index in [1.54, 1.807) is 62.6 Å². The molecule has 0 aliphatic rings. The Hall–Kier alpha value is -2.93. The molecule has 2 rings (SSSR count). The normalized spacial score (nSPS) is 10.3. The fourth-order valence-corrected chi connectivity index (χ4v) is 2.54. The van der Waals surface area contributed by atoms with Crippen LogP contribution in [0.15, 0.2) is 48.5 Å². The lowest BCUT2D eigenvalue weighted by molar-refractivity contribution is 0.0827. The minimum absolute atomic E-state index is 0.0546. The summed E-state index contributed by atoms with van der Waals surface area (Å²) in [6.45, 7) is 3.78. The zero-order chi connectivity index (χ0) is 20.0. The highest BCUT2D eigenvalue weighted by atomic mass is 32.1. The molecule has 6 nitrogen and oxygen atoms in total. The Bertz CT molecular complexity index is 850. The lowest BCUT2D eigenvalue weighted by atomic mass is 10.2. The number of thiocarbonyl (C=S) groups is 1. The molecule has 0 radical (unpaired) electrons. The molecular formula is C20H23N3O3S. The van der Waals surface area contributed by atoms with Crippen LogP contribution in [0.5, 0.6) is 5.75 Å². The molecule has 2 aromatic carbocycles. The topological polar surface area (TPSA) is 70.7 Å². The molecule has 27 heavy (non-hydrogen) atoms. The molecule has 0 unspecified atom stereocenters. The summed E-state index contributed by atoms with van der Waals surface area (Å²) in [5.74, 6) is 0.00372. The monoisotopic (exact) mass is 385 g/mol. The fourth-order valence-electron chi connectivity index (χ4n) is 2.33. The van der Waals surface area contributed by atoms with E-state index in [2.05, 4.69) is 10.6 Å². The fraction of sp³-hybridized carbons (Fsp3) is 0.250. The highest BCUT2D eigenvalue weighted by Crippen LogP contribution is 2.19. The minimum Gasteiger partial charge on any atom is -0.490 e. The number of benzene rings is 2. The Morgan fingerprint density at radius 3 is 2.44 bits per heavy atom. The van der Waals surface area contributed by atoms with Crippen molar-refractivity contribution in [2.24, 2.45) is 0 Å². The Kier molecular flexibility index (Phi) is 6.90. The molecule has 142 valence electrons. The van der Waals surface area contributed by atoms with Gasteiger partial charge in [0.25, 0.3) is 11.8 Å². The molecule has 0 saturated heterocycles. The third-order valence-electron chi connectivity index (χ3n) is 3.49. The average Bonchev–Trinajstić information content (AvgIpc) is 2.60. The van der Waals surface area contributed by atoms with Crippen LogP contribution in [-0.4, -0.2) is 42.0 Å². The Morgan fingerprint density at radius 1 is 1.07 bits per heavy atom. The summed E-state index contributed by atoms with van der Waals surface area (Å²) in [6.07, 6.45) is -0.0546. The van der Waals surface area contributed by atoms with E-state index in [1.807, 2.05) is 13.8 Å². The van der Waals surface area contributed by atoms with E-state index in [4.69, 9.17) is 17.0 Å². The molecule has 7 heteroatoms. The maximum atomic E-state index is 12.5. The van der Waals surface area contributed by atoms with E-state index in [9.17, 15) is 9.59 Å². The van der Waals surface area contributed by atoms with Crippen LogP contribution < -0.4 is 15.4 Å². The number of rotatable bonds is 5. The van der Waals surface area contributed by atoms with Gasteiger partial charge >= 0.3 is 0 Å². The van der Waals surface area contributed by atoms with Crippen LogP contribution in [0, 0.1) is 0 Å². The van der Waals surface area contributed by atoms with Crippen molar-refractivity contribution in [1.29, 1.82) is 0 Å². The molecule has 0 aliphatic carbocycles. The van der Waals surface area contributed by atoms with E-state index < -0.39 is 0 Å². The lowest BCUT2D eigenvalue weighted by Crippen LogP contribution is -2.34. The van der Waals surface area contributed by atoms with Crippen LogP contribution >= 0.6 is 12.2 Å². The number of para-hydroxylation sites is 1. The Balaban J connectivity index is 2.07. The number of anilines is 1. The number of ether oxygens (including phenoxy) is 1. The lowest BCUT2D eigenvalue weighted by Gasteiger charge is -2.15. The zero-order valence-corrected chi connectivity index (χ0v) is 16.6. The van der Waals surface area contributed by atoms with Crippen LogP contribution in [0.1, 0.15) is 34.6 Å². The van der Waals surface area contributed by atoms with Crippen molar-refractivity contribution < 1.29 is 14.3 Å². The number of nitrogens with one attached hydrogen (secondary N) is 2. The third kappa shape index (κ3) is 5.79. The Labute approximate surface area is 164 Å². The molecule has 2 N–H and O–H groups in total. The second kappa shape index (κ2) is 9.14. The molecule has 0 aromatic heterocycles. The third-order valence-corrected chi connectivity index (χ3v) is 3.70. The van der Waals surface area contributed by atoms with Gasteiger partial charge in [-0.1, -0.05) is 18.2 Å². The second-order valence-corrected chi connectivity index (χ2v) is 6.76. The van der Waals surface area contributed by atoms with Gasteiger partial charge in [-0.25, -0.2) is 0 Å². The van der Waals surface area contributed by atoms with Gasteiger partial charge in [0, 0.05) is 25.3 Å². The summed E-state index contributed by atoms with van der Waals surface area (Å²) in [5, 5.41) is 5.69. The van der Waals surface area contributed by atoms with E-state index in [1.165, 1.54) is 4.90 Å². The van der Waals surface area contributed by atoms with Crippen LogP contribution in [0.2, 0.25) is 0 Å². The van der Waals surface area contributed by atoms with E-state index in [0.717, 1.165) is 0 Å².